The second-order valence-electron chi connectivity index (χ2n) is 5.07. The molecule has 0 spiro atoms. The van der Waals surface area contributed by atoms with Gasteiger partial charge in [0, 0.05) is 37.0 Å². The number of nitrogens with one attached hydrogen (secondary N) is 2. The van der Waals surface area contributed by atoms with Crippen molar-refractivity contribution < 1.29 is 5.11 Å². The van der Waals surface area contributed by atoms with Crippen molar-refractivity contribution in [1.82, 2.24) is 15.3 Å². The van der Waals surface area contributed by atoms with Gasteiger partial charge in [-0.1, -0.05) is 6.42 Å². The highest BCUT2D eigenvalue weighted by atomic mass is 16.3. The summed E-state index contributed by atoms with van der Waals surface area (Å²) >= 11 is 0. The number of hydrogen-bond acceptors (Lipinski definition) is 3. The molecule has 0 aromatic carbocycles. The van der Waals surface area contributed by atoms with E-state index in [0.717, 1.165) is 18.6 Å². The summed E-state index contributed by atoms with van der Waals surface area (Å²) in [7, 11) is 0. The number of nitrogens with zero attached hydrogens (tertiary/aromatic N) is 1. The van der Waals surface area contributed by atoms with Gasteiger partial charge in [0.2, 0.25) is 0 Å². The minimum Gasteiger partial charge on any atom is -0.396 e. The minimum absolute atomic E-state index is 0.299. The van der Waals surface area contributed by atoms with E-state index in [1.807, 2.05) is 12.3 Å². The second kappa shape index (κ2) is 5.08. The van der Waals surface area contributed by atoms with Crippen LogP contribution in [0.2, 0.25) is 0 Å². The molecule has 4 nitrogen and oxygen atoms in total. The largest absolute Gasteiger partial charge is 0.396 e. The zero-order valence-electron chi connectivity index (χ0n) is 10.4. The second-order valence-corrected chi connectivity index (χ2v) is 5.07. The summed E-state index contributed by atoms with van der Waals surface area (Å²) in [5, 5.41) is 14.1. The van der Waals surface area contributed by atoms with Gasteiger partial charge in [0.25, 0.3) is 0 Å². The Balaban J connectivity index is 1.69. The van der Waals surface area contributed by atoms with Crippen molar-refractivity contribution in [1.29, 1.82) is 0 Å². The van der Waals surface area contributed by atoms with E-state index in [1.54, 1.807) is 6.20 Å². The Morgan fingerprint density at radius 1 is 1.44 bits per heavy atom. The van der Waals surface area contributed by atoms with Gasteiger partial charge in [-0.15, -0.1) is 0 Å². The summed E-state index contributed by atoms with van der Waals surface area (Å²) in [4.78, 5) is 7.48. The first-order chi connectivity index (χ1) is 8.88. The number of aromatic amines is 1. The molecular formula is C14H19N3O. The highest BCUT2D eigenvalue weighted by molar-refractivity contribution is 5.79. The van der Waals surface area contributed by atoms with E-state index in [-0.39, 0.29) is 0 Å². The summed E-state index contributed by atoms with van der Waals surface area (Å²) in [6.07, 6.45) is 7.36. The summed E-state index contributed by atoms with van der Waals surface area (Å²) in [5.41, 5.74) is 2.20. The SMILES string of the molecule is OCC1CCCC1NCc1c[nH]c2ncccc12. The minimum atomic E-state index is 0.299. The van der Waals surface area contributed by atoms with Gasteiger partial charge in [-0.25, -0.2) is 4.98 Å². The van der Waals surface area contributed by atoms with E-state index in [2.05, 4.69) is 21.4 Å². The van der Waals surface area contributed by atoms with Crippen molar-refractivity contribution in [3.05, 3.63) is 30.1 Å². The number of pyridine rings is 1. The van der Waals surface area contributed by atoms with Gasteiger partial charge in [-0.2, -0.15) is 0 Å². The molecule has 2 atom stereocenters. The third-order valence-electron chi connectivity index (χ3n) is 3.99. The van der Waals surface area contributed by atoms with Crippen LogP contribution in [0.3, 0.4) is 0 Å². The third-order valence-corrected chi connectivity index (χ3v) is 3.99. The van der Waals surface area contributed by atoms with E-state index in [4.69, 9.17) is 0 Å². The van der Waals surface area contributed by atoms with Crippen molar-refractivity contribution in [2.24, 2.45) is 5.92 Å². The van der Waals surface area contributed by atoms with E-state index in [1.165, 1.54) is 23.8 Å². The maximum absolute atomic E-state index is 9.31. The predicted octanol–water partition coefficient (Wildman–Crippen LogP) is 1.81. The molecule has 1 aliphatic carbocycles. The highest BCUT2D eigenvalue weighted by Crippen LogP contribution is 2.25. The number of aliphatic hydroxyl groups excluding tert-OH is 1. The molecule has 3 rings (SSSR count). The summed E-state index contributed by atoms with van der Waals surface area (Å²) in [6, 6.07) is 4.51. The zero-order chi connectivity index (χ0) is 12.4. The van der Waals surface area contributed by atoms with E-state index >= 15 is 0 Å². The van der Waals surface area contributed by atoms with Gasteiger partial charge in [0.15, 0.2) is 0 Å². The number of aliphatic hydroxyl groups is 1. The molecule has 0 aliphatic heterocycles. The number of aromatic nitrogens is 2. The molecule has 2 aromatic rings. The lowest BCUT2D eigenvalue weighted by Crippen LogP contribution is -2.33. The van der Waals surface area contributed by atoms with Crippen LogP contribution in [0, 0.1) is 5.92 Å². The first kappa shape index (κ1) is 11.7. The fourth-order valence-corrected chi connectivity index (χ4v) is 2.92. The van der Waals surface area contributed by atoms with Gasteiger partial charge in [0.05, 0.1) is 0 Å². The van der Waals surface area contributed by atoms with E-state index < -0.39 is 0 Å². The Morgan fingerprint density at radius 3 is 3.28 bits per heavy atom. The van der Waals surface area contributed by atoms with Gasteiger partial charge in [-0.05, 0) is 36.5 Å². The van der Waals surface area contributed by atoms with Crippen LogP contribution in [0.15, 0.2) is 24.5 Å². The summed E-state index contributed by atoms with van der Waals surface area (Å²) in [6.45, 7) is 1.14. The molecule has 0 radical (unpaired) electrons. The molecule has 2 aromatic heterocycles. The molecule has 1 aliphatic rings. The number of H-pyrrole nitrogens is 1. The molecule has 2 unspecified atom stereocenters. The zero-order valence-corrected chi connectivity index (χ0v) is 10.4. The van der Waals surface area contributed by atoms with Crippen molar-refractivity contribution in [2.45, 2.75) is 31.8 Å². The fraction of sp³-hybridized carbons (Fsp3) is 0.500. The molecule has 1 saturated carbocycles. The molecule has 0 bridgehead atoms. The molecule has 96 valence electrons. The fourth-order valence-electron chi connectivity index (χ4n) is 2.92. The van der Waals surface area contributed by atoms with Crippen molar-refractivity contribution >= 4 is 11.0 Å². The van der Waals surface area contributed by atoms with Crippen LogP contribution in [-0.4, -0.2) is 27.7 Å². The Morgan fingerprint density at radius 2 is 2.39 bits per heavy atom. The van der Waals surface area contributed by atoms with E-state index in [0.29, 0.717) is 18.6 Å². The summed E-state index contributed by atoms with van der Waals surface area (Å²) in [5.74, 6) is 0.424. The molecule has 3 N–H and O–H groups in total. The molecule has 0 saturated heterocycles. The van der Waals surface area contributed by atoms with Crippen LogP contribution >= 0.6 is 0 Å². The summed E-state index contributed by atoms with van der Waals surface area (Å²) < 4.78 is 0. The monoisotopic (exact) mass is 245 g/mol. The van der Waals surface area contributed by atoms with Crippen LogP contribution in [-0.2, 0) is 6.54 Å². The maximum atomic E-state index is 9.31. The number of hydrogen-bond donors (Lipinski definition) is 3. The van der Waals surface area contributed by atoms with Gasteiger partial charge < -0.3 is 15.4 Å². The smallest absolute Gasteiger partial charge is 0.137 e. The van der Waals surface area contributed by atoms with Gasteiger partial charge >= 0.3 is 0 Å². The lowest BCUT2D eigenvalue weighted by molar-refractivity contribution is 0.205. The van der Waals surface area contributed by atoms with Crippen LogP contribution in [0.1, 0.15) is 24.8 Å². The van der Waals surface area contributed by atoms with Crippen molar-refractivity contribution in [2.75, 3.05) is 6.61 Å². The third kappa shape index (κ3) is 2.13. The Kier molecular flexibility index (Phi) is 3.30. The normalized spacial score (nSPS) is 23.8. The topological polar surface area (TPSA) is 60.9 Å². The van der Waals surface area contributed by atoms with Crippen molar-refractivity contribution in [3.8, 4) is 0 Å². The standard InChI is InChI=1S/C14H19N3O/c18-9-10-3-1-5-13(10)16-7-11-8-17-14-12(11)4-2-6-15-14/h2,4,6,8,10,13,16,18H,1,3,5,7,9H2,(H,15,17). The quantitative estimate of drug-likeness (QED) is 0.770. The predicted molar refractivity (Wildman–Crippen MR) is 71.1 cm³/mol. The lowest BCUT2D eigenvalue weighted by atomic mass is 10.0. The Bertz CT molecular complexity index is 522. The molecule has 0 amide bonds. The molecule has 1 fully saturated rings. The Labute approximate surface area is 106 Å². The van der Waals surface area contributed by atoms with Gasteiger partial charge in [0.1, 0.15) is 5.65 Å². The molecule has 2 heterocycles. The van der Waals surface area contributed by atoms with Gasteiger partial charge in [-0.3, -0.25) is 0 Å². The first-order valence-corrected chi connectivity index (χ1v) is 6.63. The number of rotatable bonds is 4. The Hall–Kier alpha value is -1.39. The van der Waals surface area contributed by atoms with Crippen LogP contribution in [0.5, 0.6) is 0 Å². The molecular weight excluding hydrogens is 226 g/mol. The highest BCUT2D eigenvalue weighted by Gasteiger charge is 2.25. The van der Waals surface area contributed by atoms with E-state index in [9.17, 15) is 5.11 Å². The molecule has 4 heteroatoms. The first-order valence-electron chi connectivity index (χ1n) is 6.63. The number of fused-ring (bicyclic) bond motifs is 1. The average molecular weight is 245 g/mol. The average Bonchev–Trinajstić information content (AvgIpc) is 3.02. The van der Waals surface area contributed by atoms with Crippen LogP contribution < -0.4 is 5.32 Å². The lowest BCUT2D eigenvalue weighted by Gasteiger charge is -2.18. The maximum Gasteiger partial charge on any atom is 0.137 e. The molecule has 18 heavy (non-hydrogen) atoms. The van der Waals surface area contributed by atoms with Crippen LogP contribution in [0.25, 0.3) is 11.0 Å². The van der Waals surface area contributed by atoms with Crippen LogP contribution in [0.4, 0.5) is 0 Å². The van der Waals surface area contributed by atoms with Crippen molar-refractivity contribution in [3.63, 3.8) is 0 Å².